The summed E-state index contributed by atoms with van der Waals surface area (Å²) in [6, 6.07) is 5.89. The fourth-order valence-corrected chi connectivity index (χ4v) is 10.4. The fourth-order valence-electron chi connectivity index (χ4n) is 6.18. The van der Waals surface area contributed by atoms with Crippen LogP contribution >= 0.6 is 11.8 Å². The molecule has 0 amide bonds. The molecule has 3 heterocycles. The molecule has 2 fully saturated rings. The molecule has 2 saturated heterocycles. The molecule has 0 unspecified atom stereocenters. The quantitative estimate of drug-likeness (QED) is 0.193. The van der Waals surface area contributed by atoms with Gasteiger partial charge in [-0.05, 0) is 51.7 Å². The largest absolute Gasteiger partial charge is 0.545 e. The molecule has 10 heteroatoms. The average Bonchev–Trinajstić information content (AvgIpc) is 2.89. The van der Waals surface area contributed by atoms with Gasteiger partial charge in [0.1, 0.15) is 32.8 Å². The van der Waals surface area contributed by atoms with Gasteiger partial charge in [-0.15, -0.1) is 11.8 Å². The third-order valence-corrected chi connectivity index (χ3v) is 13.8. The number of aromatic carboxylic acids is 1. The zero-order valence-corrected chi connectivity index (χ0v) is 27.4. The number of ketones is 1. The van der Waals surface area contributed by atoms with Gasteiger partial charge in [-0.1, -0.05) is 39.9 Å². The van der Waals surface area contributed by atoms with Crippen molar-refractivity contribution in [1.82, 2.24) is 0 Å². The third-order valence-electron chi connectivity index (χ3n) is 9.25. The molecule has 0 aromatic heterocycles. The van der Waals surface area contributed by atoms with Crippen LogP contribution in [-0.4, -0.2) is 62.0 Å². The van der Waals surface area contributed by atoms with E-state index < -0.39 is 52.9 Å². The van der Waals surface area contributed by atoms with Crippen LogP contribution in [0.3, 0.4) is 0 Å². The lowest BCUT2D eigenvalue weighted by molar-refractivity contribution is -0.582. The van der Waals surface area contributed by atoms with Gasteiger partial charge < -0.3 is 14.8 Å². The number of allylic oxidation sites excluding steroid dienone is 5. The number of benzene rings is 2. The molecule has 6 rings (SSSR count). The van der Waals surface area contributed by atoms with Crippen molar-refractivity contribution in [2.24, 2.45) is 5.41 Å². The summed E-state index contributed by atoms with van der Waals surface area (Å²) in [7, 11) is -2.47. The van der Waals surface area contributed by atoms with E-state index in [0.29, 0.717) is 22.9 Å². The van der Waals surface area contributed by atoms with E-state index in [9.17, 15) is 14.7 Å². The molecule has 2 aromatic carbocycles. The van der Waals surface area contributed by atoms with E-state index in [0.717, 1.165) is 60.8 Å². The number of nitrogens with zero attached hydrogens (tertiary/aromatic N) is 2. The number of halogens is 3. The number of hydrogen-bond acceptors (Lipinski definition) is 5. The number of carboxylic acids is 1. The van der Waals surface area contributed by atoms with Crippen LogP contribution in [0.2, 0.25) is 13.1 Å². The van der Waals surface area contributed by atoms with Crippen molar-refractivity contribution in [1.29, 1.82) is 0 Å². The second kappa shape index (κ2) is 10.9. The van der Waals surface area contributed by atoms with Crippen LogP contribution < -0.4 is 15.2 Å². The third kappa shape index (κ3) is 4.90. The molecule has 230 valence electrons. The minimum atomic E-state index is -2.47. The Balaban J connectivity index is 1.64. The Kier molecular flexibility index (Phi) is 7.60. The summed E-state index contributed by atoms with van der Waals surface area (Å²) in [5.74, 6) is -7.13. The molecule has 0 atom stereocenters. The molecule has 0 radical (unpaired) electrons. The predicted octanol–water partition coefficient (Wildman–Crippen LogP) is 5.01. The number of hydrogen-bond donors (Lipinski definition) is 0. The van der Waals surface area contributed by atoms with E-state index in [-0.39, 0.29) is 17.1 Å². The first kappa shape index (κ1) is 30.6. The molecule has 5 nitrogen and oxygen atoms in total. The lowest BCUT2D eigenvalue weighted by Gasteiger charge is -2.40. The Morgan fingerprint density at radius 3 is 2.30 bits per heavy atom. The number of carbonyl (C=O) groups excluding carboxylic acids is 2. The Morgan fingerprint density at radius 1 is 1.02 bits per heavy atom. The standard InChI is InChI=1S/C34H35F3N2O3SSi/c1-34(2,3)25(40)18-43-32-30(36)27(28(33(41)42)29(35)31(32)37)26-21-10-8-19(38-12-6-13-38)16-23(21)44(4,5)24-17-20(9-11-22(24)26)39-14-7-15-39/h8-11,16-17H,6-7,12-15,18H2,1-5H3. The summed E-state index contributed by atoms with van der Waals surface area (Å²) in [6.45, 7) is 13.2. The Labute approximate surface area is 260 Å². The Bertz CT molecular complexity index is 1760. The summed E-state index contributed by atoms with van der Waals surface area (Å²) in [4.78, 5) is 26.7. The summed E-state index contributed by atoms with van der Waals surface area (Å²) >= 11 is 0.547. The second-order valence-electron chi connectivity index (χ2n) is 13.4. The van der Waals surface area contributed by atoms with Crippen LogP contribution in [0, 0.1) is 22.9 Å². The van der Waals surface area contributed by atoms with Gasteiger partial charge in [-0.3, -0.25) is 4.79 Å². The molecule has 44 heavy (non-hydrogen) atoms. The molecule has 3 aliphatic heterocycles. The highest BCUT2D eigenvalue weighted by Gasteiger charge is 2.43. The summed E-state index contributed by atoms with van der Waals surface area (Å²) in [6.07, 6.45) is 8.06. The minimum Gasteiger partial charge on any atom is -0.545 e. The van der Waals surface area contributed by atoms with E-state index in [1.807, 2.05) is 24.3 Å². The first-order chi connectivity index (χ1) is 20.7. The van der Waals surface area contributed by atoms with Gasteiger partial charge in [0.05, 0.1) is 23.0 Å². The van der Waals surface area contributed by atoms with Gasteiger partial charge in [0.2, 0.25) is 0 Å². The smallest absolute Gasteiger partial charge is 0.199 e. The number of Topliss-reactive ketones (excluding diaryl/α,β-unsaturated/α-hetero) is 1. The van der Waals surface area contributed by atoms with Gasteiger partial charge in [0.15, 0.2) is 17.3 Å². The highest BCUT2D eigenvalue weighted by atomic mass is 32.2. The molecular weight excluding hydrogens is 602 g/mol. The monoisotopic (exact) mass is 636 g/mol. The highest BCUT2D eigenvalue weighted by molar-refractivity contribution is 8.00. The summed E-state index contributed by atoms with van der Waals surface area (Å²) in [5, 5.41) is 14.4. The topological polar surface area (TPSA) is 63.5 Å². The normalized spacial score (nSPS) is 18.8. The van der Waals surface area contributed by atoms with Crippen LogP contribution in [-0.2, 0) is 4.79 Å². The van der Waals surface area contributed by atoms with Crippen molar-refractivity contribution < 1.29 is 32.4 Å². The molecule has 0 N–H and O–H groups in total. The molecule has 0 spiro atoms. The number of anilines is 1. The zero-order valence-electron chi connectivity index (χ0n) is 25.6. The van der Waals surface area contributed by atoms with Crippen molar-refractivity contribution in [2.45, 2.75) is 51.6 Å². The van der Waals surface area contributed by atoms with E-state index >= 15 is 13.2 Å². The van der Waals surface area contributed by atoms with Crippen molar-refractivity contribution in [2.75, 3.05) is 36.8 Å². The summed E-state index contributed by atoms with van der Waals surface area (Å²) < 4.78 is 50.1. The van der Waals surface area contributed by atoms with Crippen molar-refractivity contribution in [3.63, 3.8) is 0 Å². The van der Waals surface area contributed by atoms with Gasteiger partial charge >= 0.3 is 0 Å². The maximum atomic E-state index is 16.7. The fraction of sp³-hybridized carbons (Fsp3) is 0.382. The molecule has 1 aliphatic carbocycles. The molecular formula is C34H35F3N2O3SSi. The van der Waals surface area contributed by atoms with E-state index in [1.54, 1.807) is 20.8 Å². The number of carboxylic acid groups (broad SMARTS) is 1. The SMILES string of the molecule is CC(C)(C)C(=O)CSc1c(F)c(F)c(C(=O)[O-])c(C2=C3C=CC(=[N+]4CCC4)C=C3[Si](C)(C)c3cc(N4CCC4)ccc32)c1F. The van der Waals surface area contributed by atoms with Gasteiger partial charge in [0, 0.05) is 47.5 Å². The lowest BCUT2D eigenvalue weighted by atomic mass is 9.86. The maximum Gasteiger partial charge on any atom is 0.199 e. The van der Waals surface area contributed by atoms with Crippen LogP contribution in [0.4, 0.5) is 18.9 Å². The maximum absolute atomic E-state index is 16.7. The van der Waals surface area contributed by atoms with Crippen LogP contribution in [0.1, 0.15) is 55.1 Å². The van der Waals surface area contributed by atoms with E-state index in [4.69, 9.17) is 0 Å². The number of carbonyl (C=O) groups is 2. The lowest BCUT2D eigenvalue weighted by Crippen LogP contribution is -2.50. The first-order valence-electron chi connectivity index (χ1n) is 15.0. The molecule has 2 aromatic rings. The predicted molar refractivity (Wildman–Crippen MR) is 169 cm³/mol. The summed E-state index contributed by atoms with van der Waals surface area (Å²) in [5.41, 5.74) is 0.981. The van der Waals surface area contributed by atoms with Crippen LogP contribution in [0.25, 0.3) is 5.57 Å². The number of thioether (sulfide) groups is 1. The van der Waals surface area contributed by atoms with Crippen molar-refractivity contribution in [3.05, 3.63) is 81.3 Å². The molecule has 4 aliphatic rings. The van der Waals surface area contributed by atoms with Crippen molar-refractivity contribution in [3.8, 4) is 0 Å². The average molecular weight is 637 g/mol. The van der Waals surface area contributed by atoms with E-state index in [1.165, 1.54) is 0 Å². The second-order valence-corrected chi connectivity index (χ2v) is 18.7. The van der Waals surface area contributed by atoms with E-state index in [2.05, 4.69) is 34.7 Å². The van der Waals surface area contributed by atoms with Crippen molar-refractivity contribution >= 4 is 53.7 Å². The highest BCUT2D eigenvalue weighted by Crippen LogP contribution is 2.46. The Hall–Kier alpha value is -3.37. The Morgan fingerprint density at radius 2 is 1.73 bits per heavy atom. The zero-order chi connectivity index (χ0) is 31.7. The molecule has 0 bridgehead atoms. The molecule has 0 saturated carbocycles. The van der Waals surface area contributed by atoms with Crippen LogP contribution in [0.15, 0.2) is 52.1 Å². The first-order valence-corrected chi connectivity index (χ1v) is 18.9. The van der Waals surface area contributed by atoms with Gasteiger partial charge in [0.25, 0.3) is 0 Å². The number of rotatable bonds is 6. The van der Waals surface area contributed by atoms with Crippen LogP contribution in [0.5, 0.6) is 0 Å². The minimum absolute atomic E-state index is 0.201. The van der Waals surface area contributed by atoms with Gasteiger partial charge in [-0.2, -0.15) is 0 Å². The number of fused-ring (bicyclic) bond motifs is 2. The van der Waals surface area contributed by atoms with Gasteiger partial charge in [-0.25, -0.2) is 17.7 Å².